The molecule has 1 unspecified atom stereocenters. The molecule has 0 bridgehead atoms. The summed E-state index contributed by atoms with van der Waals surface area (Å²) in [5, 5.41) is 35.6. The summed E-state index contributed by atoms with van der Waals surface area (Å²) < 4.78 is 0. The minimum Gasteiger partial charge on any atom is -0.530 e. The van der Waals surface area contributed by atoms with Gasteiger partial charge >= 0.3 is 5.69 Å². The number of pyridine rings is 1. The van der Waals surface area contributed by atoms with Crippen molar-refractivity contribution in [2.24, 2.45) is 0 Å². The molecule has 0 spiro atoms. The standard InChI is InChI=1S/C18H24N6O5/c1-3-23(18(26)27)15-9-14(19)16(24(28)29)17(21-15)20-10-13(25)11-22(2)12-7-5-4-6-8-12/h4-9,13,25H,3,10-11H2,1-2H3,(H,26,27)(H3,19,20,21)/p-1. The van der Waals surface area contributed by atoms with Gasteiger partial charge < -0.3 is 35.9 Å². The normalized spacial score (nSPS) is 11.6. The molecule has 0 saturated heterocycles. The third-order valence-corrected chi connectivity index (χ3v) is 4.19. The average Bonchev–Trinajstić information content (AvgIpc) is 2.66. The van der Waals surface area contributed by atoms with E-state index < -0.39 is 22.8 Å². The Labute approximate surface area is 167 Å². The van der Waals surface area contributed by atoms with Gasteiger partial charge in [-0.05, 0) is 19.1 Å². The van der Waals surface area contributed by atoms with Crippen molar-refractivity contribution in [1.29, 1.82) is 0 Å². The fraction of sp³-hybridized carbons (Fsp3) is 0.333. The van der Waals surface area contributed by atoms with Gasteiger partial charge in [0.15, 0.2) is 0 Å². The van der Waals surface area contributed by atoms with E-state index in [2.05, 4.69) is 10.3 Å². The Hall–Kier alpha value is -3.60. The molecule has 1 aromatic heterocycles. The van der Waals surface area contributed by atoms with Crippen molar-refractivity contribution in [2.75, 3.05) is 47.5 Å². The number of carbonyl (C=O) groups is 1. The minimum absolute atomic E-state index is 0.0243. The molecule has 29 heavy (non-hydrogen) atoms. The van der Waals surface area contributed by atoms with Crippen LogP contribution in [0.1, 0.15) is 6.92 Å². The van der Waals surface area contributed by atoms with Crippen molar-refractivity contribution in [1.82, 2.24) is 4.98 Å². The van der Waals surface area contributed by atoms with E-state index in [9.17, 15) is 25.1 Å². The summed E-state index contributed by atoms with van der Waals surface area (Å²) in [5.74, 6) is -0.333. The Morgan fingerprint density at radius 1 is 1.38 bits per heavy atom. The molecule has 156 valence electrons. The van der Waals surface area contributed by atoms with Crippen LogP contribution in [0, 0.1) is 10.1 Å². The van der Waals surface area contributed by atoms with Gasteiger partial charge in [-0.1, -0.05) is 18.2 Å². The van der Waals surface area contributed by atoms with E-state index in [0.29, 0.717) is 0 Å². The zero-order valence-corrected chi connectivity index (χ0v) is 16.1. The lowest BCUT2D eigenvalue weighted by atomic mass is 10.2. The number of carbonyl (C=O) groups excluding carboxylic acids is 1. The molecular formula is C18H23N6O5-. The van der Waals surface area contributed by atoms with Crippen LogP contribution in [0.2, 0.25) is 0 Å². The van der Waals surface area contributed by atoms with Crippen molar-refractivity contribution in [2.45, 2.75) is 13.0 Å². The highest BCUT2D eigenvalue weighted by atomic mass is 16.6. The lowest BCUT2D eigenvalue weighted by Gasteiger charge is -2.24. The lowest BCUT2D eigenvalue weighted by Crippen LogP contribution is -2.41. The molecule has 1 atom stereocenters. The van der Waals surface area contributed by atoms with Crippen LogP contribution in [0.15, 0.2) is 36.4 Å². The summed E-state index contributed by atoms with van der Waals surface area (Å²) in [7, 11) is 1.80. The number of para-hydroxylation sites is 1. The van der Waals surface area contributed by atoms with Crippen LogP contribution < -0.4 is 26.0 Å². The number of benzene rings is 1. The third-order valence-electron chi connectivity index (χ3n) is 4.19. The Morgan fingerprint density at radius 2 is 2.03 bits per heavy atom. The molecular weight excluding hydrogens is 380 g/mol. The number of amides is 1. The van der Waals surface area contributed by atoms with Crippen molar-refractivity contribution in [3.8, 4) is 0 Å². The van der Waals surface area contributed by atoms with Crippen LogP contribution in [0.5, 0.6) is 0 Å². The summed E-state index contributed by atoms with van der Waals surface area (Å²) in [6, 6.07) is 10.5. The van der Waals surface area contributed by atoms with Crippen LogP contribution >= 0.6 is 0 Å². The van der Waals surface area contributed by atoms with Gasteiger partial charge in [-0.15, -0.1) is 0 Å². The van der Waals surface area contributed by atoms with Gasteiger partial charge in [0.2, 0.25) is 5.82 Å². The molecule has 0 aliphatic rings. The Morgan fingerprint density at radius 3 is 2.59 bits per heavy atom. The maximum absolute atomic E-state index is 11.4. The zero-order chi connectivity index (χ0) is 21.6. The monoisotopic (exact) mass is 403 g/mol. The van der Waals surface area contributed by atoms with Crippen LogP contribution in [0.4, 0.5) is 33.5 Å². The molecule has 2 rings (SSSR count). The number of carboxylic acid groups (broad SMARTS) is 1. The summed E-state index contributed by atoms with van der Waals surface area (Å²) in [6.45, 7) is 1.77. The fourth-order valence-electron chi connectivity index (χ4n) is 2.77. The van der Waals surface area contributed by atoms with Crippen molar-refractivity contribution in [3.05, 3.63) is 46.5 Å². The highest BCUT2D eigenvalue weighted by Crippen LogP contribution is 2.32. The summed E-state index contributed by atoms with van der Waals surface area (Å²) >= 11 is 0. The number of aliphatic hydroxyl groups is 1. The Balaban J connectivity index is 2.18. The van der Waals surface area contributed by atoms with Crippen LogP contribution in [0.25, 0.3) is 0 Å². The van der Waals surface area contributed by atoms with Crippen LogP contribution in [0.3, 0.4) is 0 Å². The molecule has 0 aliphatic heterocycles. The van der Waals surface area contributed by atoms with Crippen molar-refractivity contribution < 1.29 is 19.9 Å². The first-order chi connectivity index (χ1) is 13.7. The molecule has 11 heteroatoms. The number of aromatic nitrogens is 1. The number of rotatable bonds is 9. The first kappa shape index (κ1) is 21.7. The van der Waals surface area contributed by atoms with E-state index in [1.54, 1.807) is 14.0 Å². The quantitative estimate of drug-likeness (QED) is 0.403. The van der Waals surface area contributed by atoms with E-state index in [-0.39, 0.29) is 37.0 Å². The van der Waals surface area contributed by atoms with Gasteiger partial charge in [0.1, 0.15) is 17.6 Å². The number of anilines is 4. The number of aliphatic hydroxyl groups excluding tert-OH is 1. The molecule has 0 fully saturated rings. The number of nitrogen functional groups attached to an aromatic ring is 1. The predicted octanol–water partition coefficient (Wildman–Crippen LogP) is 0.651. The average molecular weight is 403 g/mol. The van der Waals surface area contributed by atoms with Crippen molar-refractivity contribution >= 4 is 34.8 Å². The number of nitrogens with two attached hydrogens (primary N) is 1. The Kier molecular flexibility index (Phi) is 7.15. The molecule has 1 heterocycles. The SMILES string of the molecule is CCN(C(=O)[O-])c1cc(N)c([N+](=O)[O-])c(NCC(O)CN(C)c2ccccc2)n1. The summed E-state index contributed by atoms with van der Waals surface area (Å²) in [6.07, 6.45) is -2.40. The molecule has 11 nitrogen and oxygen atoms in total. The van der Waals surface area contributed by atoms with Gasteiger partial charge in [-0.25, -0.2) is 4.98 Å². The molecule has 0 aliphatic carbocycles. The van der Waals surface area contributed by atoms with E-state index in [0.717, 1.165) is 16.7 Å². The first-order valence-electron chi connectivity index (χ1n) is 8.86. The molecule has 1 aromatic carbocycles. The second-order valence-corrected chi connectivity index (χ2v) is 6.28. The van der Waals surface area contributed by atoms with E-state index in [1.165, 1.54) is 0 Å². The lowest BCUT2D eigenvalue weighted by molar-refractivity contribution is -0.383. The molecule has 2 aromatic rings. The summed E-state index contributed by atoms with van der Waals surface area (Å²) in [4.78, 5) is 28.5. The predicted molar refractivity (Wildman–Crippen MR) is 108 cm³/mol. The molecule has 1 amide bonds. The Bertz CT molecular complexity index is 863. The van der Waals surface area contributed by atoms with E-state index >= 15 is 0 Å². The maximum atomic E-state index is 11.4. The third kappa shape index (κ3) is 5.45. The van der Waals surface area contributed by atoms with E-state index in [4.69, 9.17) is 5.73 Å². The number of nitro groups is 1. The smallest absolute Gasteiger partial charge is 0.334 e. The second kappa shape index (κ2) is 9.55. The largest absolute Gasteiger partial charge is 0.530 e. The van der Waals surface area contributed by atoms with Gasteiger partial charge in [0, 0.05) is 38.4 Å². The topological polar surface area (TPSA) is 161 Å². The molecule has 0 saturated carbocycles. The van der Waals surface area contributed by atoms with Crippen LogP contribution in [-0.4, -0.2) is 53.9 Å². The van der Waals surface area contributed by atoms with Crippen molar-refractivity contribution in [3.63, 3.8) is 0 Å². The highest BCUT2D eigenvalue weighted by Gasteiger charge is 2.24. The van der Waals surface area contributed by atoms with E-state index in [1.807, 2.05) is 35.2 Å². The maximum Gasteiger partial charge on any atom is 0.334 e. The van der Waals surface area contributed by atoms with Gasteiger partial charge in [-0.3, -0.25) is 10.1 Å². The number of hydrogen-bond acceptors (Lipinski definition) is 9. The van der Waals surface area contributed by atoms with Gasteiger partial charge in [-0.2, -0.15) is 0 Å². The fourth-order valence-corrected chi connectivity index (χ4v) is 2.77. The van der Waals surface area contributed by atoms with Gasteiger partial charge in [0.25, 0.3) is 0 Å². The number of nitrogens with one attached hydrogen (secondary N) is 1. The molecule has 0 radical (unpaired) electrons. The molecule has 4 N–H and O–H groups in total. The summed E-state index contributed by atoms with van der Waals surface area (Å²) in [5.41, 5.74) is 5.90. The number of nitrogens with zero attached hydrogens (tertiary/aromatic N) is 4. The van der Waals surface area contributed by atoms with Crippen LogP contribution in [-0.2, 0) is 0 Å². The highest BCUT2D eigenvalue weighted by molar-refractivity contribution is 5.86. The minimum atomic E-state index is -1.51. The second-order valence-electron chi connectivity index (χ2n) is 6.28. The zero-order valence-electron chi connectivity index (χ0n) is 16.1. The number of hydrogen-bond donors (Lipinski definition) is 3. The van der Waals surface area contributed by atoms with Gasteiger partial charge in [0.05, 0.1) is 11.0 Å². The number of likely N-dealkylation sites (N-methyl/N-ethyl adjacent to an activating group) is 1. The first-order valence-corrected chi connectivity index (χ1v) is 8.86.